The molecule has 0 heterocycles. The van der Waals surface area contributed by atoms with Gasteiger partial charge in [-0.05, 0) is 54.7 Å². The number of hydrogen-bond donors (Lipinski definition) is 1. The second-order valence-electron chi connectivity index (χ2n) is 7.15. The summed E-state index contributed by atoms with van der Waals surface area (Å²) < 4.78 is 1.10. The van der Waals surface area contributed by atoms with Crippen LogP contribution in [0.4, 0.5) is 0 Å². The average Bonchev–Trinajstić information content (AvgIpc) is 2.39. The molecule has 2 rings (SSSR count). The van der Waals surface area contributed by atoms with E-state index in [1.807, 2.05) is 6.07 Å². The summed E-state index contributed by atoms with van der Waals surface area (Å²) in [5, 5.41) is 10.9. The predicted molar refractivity (Wildman–Crippen MR) is 88.8 cm³/mol. The van der Waals surface area contributed by atoms with Gasteiger partial charge in [-0.3, -0.25) is 0 Å². The zero-order valence-corrected chi connectivity index (χ0v) is 14.5. The summed E-state index contributed by atoms with van der Waals surface area (Å²) in [6.07, 6.45) is 6.20. The van der Waals surface area contributed by atoms with Crippen LogP contribution in [0.3, 0.4) is 0 Å². The first-order chi connectivity index (χ1) is 9.35. The van der Waals surface area contributed by atoms with Crippen LogP contribution in [0.1, 0.15) is 58.4 Å². The van der Waals surface area contributed by atoms with Gasteiger partial charge in [0.15, 0.2) is 0 Å². The van der Waals surface area contributed by atoms with E-state index < -0.39 is 5.60 Å². The Morgan fingerprint density at radius 3 is 2.50 bits per heavy atom. The van der Waals surface area contributed by atoms with Crippen LogP contribution in [0.15, 0.2) is 28.7 Å². The van der Waals surface area contributed by atoms with Gasteiger partial charge in [0.05, 0.1) is 5.60 Å². The van der Waals surface area contributed by atoms with Crippen molar-refractivity contribution in [3.8, 4) is 0 Å². The second-order valence-corrected chi connectivity index (χ2v) is 8.06. The van der Waals surface area contributed by atoms with E-state index in [2.05, 4.69) is 54.9 Å². The van der Waals surface area contributed by atoms with E-state index in [1.54, 1.807) is 0 Å². The van der Waals surface area contributed by atoms with Crippen molar-refractivity contribution in [2.75, 3.05) is 0 Å². The van der Waals surface area contributed by atoms with Gasteiger partial charge in [0, 0.05) is 10.9 Å². The van der Waals surface area contributed by atoms with Gasteiger partial charge in [0.1, 0.15) is 0 Å². The Hall–Kier alpha value is -0.340. The van der Waals surface area contributed by atoms with Gasteiger partial charge in [-0.2, -0.15) is 0 Å². The van der Waals surface area contributed by atoms with Crippen molar-refractivity contribution >= 4 is 15.9 Å². The summed E-state index contributed by atoms with van der Waals surface area (Å²) in [4.78, 5) is 0. The zero-order valence-electron chi connectivity index (χ0n) is 13.0. The maximum absolute atomic E-state index is 10.9. The van der Waals surface area contributed by atoms with Crippen molar-refractivity contribution in [3.05, 3.63) is 34.3 Å². The van der Waals surface area contributed by atoms with Crippen molar-refractivity contribution < 1.29 is 5.11 Å². The molecule has 1 saturated carbocycles. The molecule has 0 unspecified atom stereocenters. The van der Waals surface area contributed by atoms with Crippen LogP contribution in [0.25, 0.3) is 0 Å². The molecule has 1 N–H and O–H groups in total. The van der Waals surface area contributed by atoms with Gasteiger partial charge >= 0.3 is 0 Å². The van der Waals surface area contributed by atoms with Crippen molar-refractivity contribution in [1.29, 1.82) is 0 Å². The highest BCUT2D eigenvalue weighted by Gasteiger charge is 2.38. The number of hydrogen-bond acceptors (Lipinski definition) is 1. The lowest BCUT2D eigenvalue weighted by atomic mass is 9.65. The molecule has 1 aliphatic rings. The van der Waals surface area contributed by atoms with E-state index >= 15 is 0 Å². The van der Waals surface area contributed by atoms with Crippen LogP contribution >= 0.6 is 15.9 Å². The third-order valence-corrected chi connectivity index (χ3v) is 5.85. The summed E-state index contributed by atoms with van der Waals surface area (Å²) in [6, 6.07) is 8.33. The van der Waals surface area contributed by atoms with Crippen molar-refractivity contribution in [1.82, 2.24) is 0 Å². The van der Waals surface area contributed by atoms with Crippen LogP contribution < -0.4 is 0 Å². The van der Waals surface area contributed by atoms with Gasteiger partial charge in [-0.1, -0.05) is 55.3 Å². The highest BCUT2D eigenvalue weighted by atomic mass is 79.9. The zero-order chi connectivity index (χ0) is 14.8. The fourth-order valence-electron chi connectivity index (χ4n) is 3.43. The largest absolute Gasteiger partial charge is 0.390 e. The fraction of sp³-hybridized carbons (Fsp3) is 0.667. The highest BCUT2D eigenvalue weighted by molar-refractivity contribution is 9.10. The summed E-state index contributed by atoms with van der Waals surface area (Å²) in [7, 11) is 0. The molecule has 0 bridgehead atoms. The molecule has 0 aliphatic heterocycles. The molecule has 0 aromatic heterocycles. The smallest absolute Gasteiger partial charge is 0.0688 e. The van der Waals surface area contributed by atoms with E-state index in [0.29, 0.717) is 5.41 Å². The van der Waals surface area contributed by atoms with Gasteiger partial charge < -0.3 is 5.11 Å². The average molecular weight is 339 g/mol. The van der Waals surface area contributed by atoms with Gasteiger partial charge in [-0.25, -0.2) is 0 Å². The Morgan fingerprint density at radius 1 is 1.30 bits per heavy atom. The van der Waals surface area contributed by atoms with E-state index in [0.717, 1.165) is 42.5 Å². The van der Waals surface area contributed by atoms with Crippen LogP contribution in [-0.4, -0.2) is 10.7 Å². The Kier molecular flexibility index (Phi) is 4.96. The third kappa shape index (κ3) is 3.85. The summed E-state index contributed by atoms with van der Waals surface area (Å²) in [5.41, 5.74) is 1.15. The molecular formula is C18H27BrO. The molecule has 20 heavy (non-hydrogen) atoms. The second kappa shape index (κ2) is 6.19. The SMILES string of the molecule is CCC(C)(C)C1CCC(O)(Cc2cccc(Br)c2)CC1. The Labute approximate surface area is 131 Å². The standard InChI is InChI=1S/C18H27BrO/c1-4-17(2,3)15-8-10-18(20,11-9-15)13-14-6-5-7-16(19)12-14/h5-7,12,15,20H,4,8-11,13H2,1-3H3. The van der Waals surface area contributed by atoms with E-state index in [9.17, 15) is 5.11 Å². The maximum atomic E-state index is 10.9. The normalized spacial score (nSPS) is 27.6. The number of halogens is 1. The first kappa shape index (κ1) is 16.0. The molecular weight excluding hydrogens is 312 g/mol. The molecule has 2 heteroatoms. The molecule has 1 aromatic rings. The predicted octanol–water partition coefficient (Wildman–Crippen LogP) is 5.35. The minimum absolute atomic E-state index is 0.414. The fourth-order valence-corrected chi connectivity index (χ4v) is 3.88. The summed E-state index contributed by atoms with van der Waals surface area (Å²) >= 11 is 3.51. The topological polar surface area (TPSA) is 20.2 Å². The lowest BCUT2D eigenvalue weighted by Gasteiger charge is -2.42. The molecule has 0 radical (unpaired) electrons. The van der Waals surface area contributed by atoms with Crippen molar-refractivity contribution in [2.24, 2.45) is 11.3 Å². The number of aliphatic hydroxyl groups is 1. The van der Waals surface area contributed by atoms with E-state index in [1.165, 1.54) is 12.0 Å². The third-order valence-electron chi connectivity index (χ3n) is 5.35. The summed E-state index contributed by atoms with van der Waals surface area (Å²) in [5.74, 6) is 0.760. The Morgan fingerprint density at radius 2 is 1.95 bits per heavy atom. The number of rotatable bonds is 4. The monoisotopic (exact) mass is 338 g/mol. The molecule has 1 aliphatic carbocycles. The van der Waals surface area contributed by atoms with E-state index in [-0.39, 0.29) is 0 Å². The lowest BCUT2D eigenvalue weighted by Crippen LogP contribution is -2.39. The van der Waals surface area contributed by atoms with Crippen molar-refractivity contribution in [2.45, 2.75) is 64.9 Å². The van der Waals surface area contributed by atoms with Crippen molar-refractivity contribution in [3.63, 3.8) is 0 Å². The quantitative estimate of drug-likeness (QED) is 0.784. The molecule has 1 aromatic carbocycles. The minimum Gasteiger partial charge on any atom is -0.390 e. The maximum Gasteiger partial charge on any atom is 0.0688 e. The van der Waals surface area contributed by atoms with Gasteiger partial charge in [0.2, 0.25) is 0 Å². The molecule has 0 spiro atoms. The minimum atomic E-state index is -0.499. The molecule has 0 saturated heterocycles. The van der Waals surface area contributed by atoms with Gasteiger partial charge in [0.25, 0.3) is 0 Å². The highest BCUT2D eigenvalue weighted by Crippen LogP contribution is 2.44. The van der Waals surface area contributed by atoms with Crippen LogP contribution in [0, 0.1) is 11.3 Å². The molecule has 1 nitrogen and oxygen atoms in total. The molecule has 1 fully saturated rings. The molecule has 112 valence electrons. The lowest BCUT2D eigenvalue weighted by molar-refractivity contribution is -0.0276. The van der Waals surface area contributed by atoms with Crippen LogP contribution in [0.5, 0.6) is 0 Å². The molecule has 0 amide bonds. The van der Waals surface area contributed by atoms with Gasteiger partial charge in [-0.15, -0.1) is 0 Å². The van der Waals surface area contributed by atoms with Crippen LogP contribution in [-0.2, 0) is 6.42 Å². The summed E-state index contributed by atoms with van der Waals surface area (Å²) in [6.45, 7) is 7.02. The van der Waals surface area contributed by atoms with E-state index in [4.69, 9.17) is 0 Å². The molecule has 0 atom stereocenters. The first-order valence-corrected chi connectivity index (χ1v) is 8.61. The van der Waals surface area contributed by atoms with Crippen LogP contribution in [0.2, 0.25) is 0 Å². The Bertz CT molecular complexity index is 444. The number of benzene rings is 1. The first-order valence-electron chi connectivity index (χ1n) is 7.81. The Balaban J connectivity index is 1.98.